The van der Waals surface area contributed by atoms with E-state index in [4.69, 9.17) is 0 Å². The van der Waals surface area contributed by atoms with Crippen molar-refractivity contribution in [3.8, 4) is 0 Å². The van der Waals surface area contributed by atoms with Gasteiger partial charge in [-0.1, -0.05) is 50.3 Å². The van der Waals surface area contributed by atoms with Crippen molar-refractivity contribution in [3.05, 3.63) is 72.1 Å². The third kappa shape index (κ3) is 2.51. The molecule has 0 unspecified atom stereocenters. The molecule has 2 aromatic rings. The summed E-state index contributed by atoms with van der Waals surface area (Å²) in [6, 6.07) is 15.4. The smallest absolute Gasteiger partial charge is 0.0557 e. The van der Waals surface area contributed by atoms with E-state index in [2.05, 4.69) is 81.3 Å². The molecule has 0 aliphatic carbocycles. The molecule has 0 aliphatic rings. The van der Waals surface area contributed by atoms with E-state index < -0.39 is 0 Å². The van der Waals surface area contributed by atoms with E-state index in [1.165, 1.54) is 17.0 Å². The summed E-state index contributed by atoms with van der Waals surface area (Å²) in [6.07, 6.45) is 2.02. The molecule has 0 amide bonds. The molecular formula is C18H23N. The van der Waals surface area contributed by atoms with Gasteiger partial charge in [-0.25, -0.2) is 0 Å². The molecule has 1 heteroatoms. The molecule has 0 radical (unpaired) electrons. The predicted molar refractivity (Wildman–Crippen MR) is 82.6 cm³/mol. The molecule has 19 heavy (non-hydrogen) atoms. The second-order valence-electron chi connectivity index (χ2n) is 5.74. The molecule has 0 bridgehead atoms. The Balaban J connectivity index is 2.51. The van der Waals surface area contributed by atoms with Gasteiger partial charge in [-0.15, -0.1) is 6.58 Å². The number of aromatic nitrogens is 1. The summed E-state index contributed by atoms with van der Waals surface area (Å²) in [5.41, 5.74) is 3.93. The molecule has 100 valence electrons. The van der Waals surface area contributed by atoms with E-state index in [0.29, 0.717) is 6.04 Å². The Hall–Kier alpha value is -1.76. The van der Waals surface area contributed by atoms with Gasteiger partial charge in [0.15, 0.2) is 0 Å². The van der Waals surface area contributed by atoms with E-state index in [-0.39, 0.29) is 5.41 Å². The average Bonchev–Trinajstić information content (AvgIpc) is 2.81. The maximum Gasteiger partial charge on any atom is 0.0557 e. The van der Waals surface area contributed by atoms with Crippen molar-refractivity contribution in [1.82, 2.24) is 4.57 Å². The lowest BCUT2D eigenvalue weighted by atomic mass is 9.89. The van der Waals surface area contributed by atoms with Crippen LogP contribution in [0.4, 0.5) is 0 Å². The molecule has 2 rings (SSSR count). The fraction of sp³-hybridized carbons (Fsp3) is 0.333. The fourth-order valence-corrected chi connectivity index (χ4v) is 2.57. The van der Waals surface area contributed by atoms with E-state index >= 15 is 0 Å². The monoisotopic (exact) mass is 253 g/mol. The van der Waals surface area contributed by atoms with Crippen molar-refractivity contribution in [2.75, 3.05) is 0 Å². The minimum absolute atomic E-state index is 0.0166. The quantitative estimate of drug-likeness (QED) is 0.685. The highest BCUT2D eigenvalue weighted by Gasteiger charge is 2.24. The van der Waals surface area contributed by atoms with Gasteiger partial charge in [-0.05, 0) is 31.5 Å². The van der Waals surface area contributed by atoms with Crippen LogP contribution in [0.1, 0.15) is 43.8 Å². The minimum Gasteiger partial charge on any atom is -0.341 e. The number of aryl methyl sites for hydroxylation is 1. The zero-order valence-electron chi connectivity index (χ0n) is 12.4. The van der Waals surface area contributed by atoms with E-state index in [9.17, 15) is 0 Å². The van der Waals surface area contributed by atoms with Crippen LogP contribution in [-0.2, 0) is 5.41 Å². The molecule has 1 aromatic heterocycles. The third-order valence-electron chi connectivity index (χ3n) is 3.96. The first-order chi connectivity index (χ1) is 8.97. The van der Waals surface area contributed by atoms with Crippen LogP contribution >= 0.6 is 0 Å². The average molecular weight is 253 g/mol. The van der Waals surface area contributed by atoms with Gasteiger partial charge in [0.25, 0.3) is 0 Å². The zero-order valence-corrected chi connectivity index (χ0v) is 12.4. The molecule has 0 N–H and O–H groups in total. The van der Waals surface area contributed by atoms with Crippen molar-refractivity contribution in [2.45, 2.75) is 39.2 Å². The summed E-state index contributed by atoms with van der Waals surface area (Å²) in [4.78, 5) is 0. The first kappa shape index (κ1) is 13.7. The first-order valence-electron chi connectivity index (χ1n) is 6.84. The molecule has 0 saturated heterocycles. The van der Waals surface area contributed by atoms with Crippen LogP contribution in [0, 0.1) is 6.92 Å². The summed E-state index contributed by atoms with van der Waals surface area (Å²) in [6.45, 7) is 12.8. The van der Waals surface area contributed by atoms with E-state index in [0.717, 1.165) is 0 Å². The molecule has 0 fully saturated rings. The van der Waals surface area contributed by atoms with E-state index in [1.807, 2.05) is 6.08 Å². The van der Waals surface area contributed by atoms with Gasteiger partial charge in [0.05, 0.1) is 6.04 Å². The van der Waals surface area contributed by atoms with Crippen LogP contribution < -0.4 is 0 Å². The highest BCUT2D eigenvalue weighted by atomic mass is 15.0. The van der Waals surface area contributed by atoms with Crippen LogP contribution in [0.5, 0.6) is 0 Å². The number of nitrogens with zero attached hydrogens (tertiary/aromatic N) is 1. The van der Waals surface area contributed by atoms with Crippen molar-refractivity contribution in [3.63, 3.8) is 0 Å². The Morgan fingerprint density at radius 1 is 1.11 bits per heavy atom. The van der Waals surface area contributed by atoms with Crippen LogP contribution in [0.25, 0.3) is 0 Å². The topological polar surface area (TPSA) is 4.93 Å². The molecule has 1 nitrogen and oxygen atoms in total. The standard InChI is InChI=1S/C18H23N/c1-6-18(4,5)17-13-12-14(2)19(17)15(3)16-10-8-7-9-11-16/h6-13,15H,1H2,2-5H3/t15-/m0/s1. The lowest BCUT2D eigenvalue weighted by Gasteiger charge is -2.28. The van der Waals surface area contributed by atoms with Gasteiger partial charge in [-0.2, -0.15) is 0 Å². The number of hydrogen-bond donors (Lipinski definition) is 0. The summed E-state index contributed by atoms with van der Waals surface area (Å²) in [5, 5.41) is 0. The number of hydrogen-bond acceptors (Lipinski definition) is 0. The molecule has 1 aromatic carbocycles. The van der Waals surface area contributed by atoms with Crippen molar-refractivity contribution in [1.29, 1.82) is 0 Å². The van der Waals surface area contributed by atoms with Crippen molar-refractivity contribution in [2.24, 2.45) is 0 Å². The van der Waals surface area contributed by atoms with Gasteiger partial charge in [0, 0.05) is 16.8 Å². The lowest BCUT2D eigenvalue weighted by molar-refractivity contribution is 0.529. The van der Waals surface area contributed by atoms with Gasteiger partial charge >= 0.3 is 0 Å². The third-order valence-corrected chi connectivity index (χ3v) is 3.96. The number of rotatable bonds is 4. The van der Waals surface area contributed by atoms with Gasteiger partial charge in [-0.3, -0.25) is 0 Å². The normalized spacial score (nSPS) is 13.3. The van der Waals surface area contributed by atoms with Crippen molar-refractivity contribution >= 4 is 0 Å². The SMILES string of the molecule is C=CC(C)(C)c1ccc(C)n1[C@@H](C)c1ccccc1. The van der Waals surface area contributed by atoms with Gasteiger partial charge in [0.1, 0.15) is 0 Å². The second kappa shape index (κ2) is 5.08. The number of allylic oxidation sites excluding steroid dienone is 1. The lowest BCUT2D eigenvalue weighted by Crippen LogP contribution is -2.22. The molecule has 0 saturated carbocycles. The predicted octanol–water partition coefficient (Wildman–Crippen LogP) is 4.87. The molecule has 0 aliphatic heterocycles. The van der Waals surface area contributed by atoms with Crippen LogP contribution in [0.2, 0.25) is 0 Å². The van der Waals surface area contributed by atoms with E-state index in [1.54, 1.807) is 0 Å². The highest BCUT2D eigenvalue weighted by molar-refractivity contribution is 5.30. The Labute approximate surface area is 116 Å². The Morgan fingerprint density at radius 2 is 1.74 bits per heavy atom. The molecule has 0 spiro atoms. The largest absolute Gasteiger partial charge is 0.341 e. The minimum atomic E-state index is -0.0166. The summed E-state index contributed by atoms with van der Waals surface area (Å²) in [5.74, 6) is 0. The molecule has 1 atom stereocenters. The zero-order chi connectivity index (χ0) is 14.0. The molecule has 1 heterocycles. The maximum atomic E-state index is 3.98. The van der Waals surface area contributed by atoms with Crippen molar-refractivity contribution < 1.29 is 0 Å². The Morgan fingerprint density at radius 3 is 2.32 bits per heavy atom. The van der Waals surface area contributed by atoms with Crippen LogP contribution in [-0.4, -0.2) is 4.57 Å². The summed E-state index contributed by atoms with van der Waals surface area (Å²) >= 11 is 0. The Kier molecular flexibility index (Phi) is 3.66. The van der Waals surface area contributed by atoms with Gasteiger partial charge in [0.2, 0.25) is 0 Å². The summed E-state index contributed by atoms with van der Waals surface area (Å²) < 4.78 is 2.41. The summed E-state index contributed by atoms with van der Waals surface area (Å²) in [7, 11) is 0. The maximum absolute atomic E-state index is 3.98. The van der Waals surface area contributed by atoms with Gasteiger partial charge < -0.3 is 4.57 Å². The fourth-order valence-electron chi connectivity index (χ4n) is 2.57. The second-order valence-corrected chi connectivity index (χ2v) is 5.74. The highest BCUT2D eigenvalue weighted by Crippen LogP contribution is 2.31. The number of benzene rings is 1. The van der Waals surface area contributed by atoms with Crippen LogP contribution in [0.3, 0.4) is 0 Å². The first-order valence-corrected chi connectivity index (χ1v) is 6.84. The van der Waals surface area contributed by atoms with Crippen LogP contribution in [0.15, 0.2) is 55.1 Å². The molecular weight excluding hydrogens is 230 g/mol. The Bertz CT molecular complexity index is 561.